The number of nitrogens with one attached hydrogen (secondary N) is 1. The second-order valence-electron chi connectivity index (χ2n) is 10.5. The molecule has 4 aromatic rings. The van der Waals surface area contributed by atoms with Gasteiger partial charge in [-0.1, -0.05) is 0 Å². The fourth-order valence-corrected chi connectivity index (χ4v) is 5.68. The first-order chi connectivity index (χ1) is 19.0. The summed E-state index contributed by atoms with van der Waals surface area (Å²) in [6.45, 7) is 7.73. The van der Waals surface area contributed by atoms with Gasteiger partial charge in [-0.2, -0.15) is 15.1 Å². The first kappa shape index (κ1) is 25.6. The van der Waals surface area contributed by atoms with Crippen LogP contribution >= 0.6 is 0 Å². The van der Waals surface area contributed by atoms with Crippen LogP contribution in [0.3, 0.4) is 0 Å². The van der Waals surface area contributed by atoms with E-state index in [1.807, 2.05) is 28.4 Å². The third-order valence-electron chi connectivity index (χ3n) is 7.94. The van der Waals surface area contributed by atoms with Gasteiger partial charge < -0.3 is 29.4 Å². The molecule has 0 saturated carbocycles. The van der Waals surface area contributed by atoms with Crippen LogP contribution in [-0.4, -0.2) is 67.3 Å². The standard InChI is InChI=1S/C28H36N8O3/c1-17-12-21(13-22(38-4)18(17)2)34-14-23(29-16-34)30-28-31-26(35-10-7-8-20(35)15-37)25-19(3)33-36(27(25)32-28)24-9-5-6-11-39-24/h12-14,16,20,24,37H,5-11,15H2,1-4H3,(H,30,31,32)/t20-,24?/m0/s1. The average Bonchev–Trinajstić information content (AvgIpc) is 3.69. The lowest BCUT2D eigenvalue weighted by molar-refractivity contribution is -0.0371. The quantitative estimate of drug-likeness (QED) is 0.358. The summed E-state index contributed by atoms with van der Waals surface area (Å²) in [5.41, 5.74) is 4.80. The molecule has 206 valence electrons. The number of rotatable bonds is 7. The van der Waals surface area contributed by atoms with E-state index in [0.717, 1.165) is 83.8 Å². The van der Waals surface area contributed by atoms with Crippen molar-refractivity contribution in [3.63, 3.8) is 0 Å². The monoisotopic (exact) mass is 532 g/mol. The van der Waals surface area contributed by atoms with Crippen molar-refractivity contribution in [2.24, 2.45) is 0 Å². The first-order valence-electron chi connectivity index (χ1n) is 13.7. The maximum atomic E-state index is 10.1. The number of imidazole rings is 1. The van der Waals surface area contributed by atoms with Gasteiger partial charge in [0.2, 0.25) is 5.95 Å². The van der Waals surface area contributed by atoms with E-state index >= 15 is 0 Å². The molecule has 2 aliphatic heterocycles. The number of benzene rings is 1. The summed E-state index contributed by atoms with van der Waals surface area (Å²) in [5, 5.41) is 19.2. The molecule has 6 rings (SSSR count). The highest BCUT2D eigenvalue weighted by molar-refractivity contribution is 5.91. The fourth-order valence-electron chi connectivity index (χ4n) is 5.68. The van der Waals surface area contributed by atoms with Crippen molar-refractivity contribution in [1.29, 1.82) is 0 Å². The highest BCUT2D eigenvalue weighted by Crippen LogP contribution is 2.36. The number of hydrogen-bond donors (Lipinski definition) is 2. The zero-order valence-electron chi connectivity index (χ0n) is 23.0. The van der Waals surface area contributed by atoms with E-state index in [1.165, 1.54) is 0 Å². The van der Waals surface area contributed by atoms with E-state index in [-0.39, 0.29) is 18.9 Å². The van der Waals surface area contributed by atoms with E-state index in [4.69, 9.17) is 24.5 Å². The molecule has 39 heavy (non-hydrogen) atoms. The van der Waals surface area contributed by atoms with Crippen molar-refractivity contribution in [3.05, 3.63) is 41.5 Å². The average molecular weight is 533 g/mol. The minimum Gasteiger partial charge on any atom is -0.496 e. The minimum atomic E-state index is -0.156. The molecular formula is C28H36N8O3. The number of nitrogens with zero attached hydrogens (tertiary/aromatic N) is 7. The topological polar surface area (TPSA) is 115 Å². The number of aliphatic hydroxyl groups is 1. The van der Waals surface area contributed by atoms with Gasteiger partial charge in [-0.25, -0.2) is 9.67 Å². The predicted molar refractivity (Wildman–Crippen MR) is 149 cm³/mol. The Morgan fingerprint density at radius 1 is 1.13 bits per heavy atom. The van der Waals surface area contributed by atoms with E-state index in [9.17, 15) is 5.11 Å². The Bertz CT molecular complexity index is 1490. The molecule has 11 nitrogen and oxygen atoms in total. The zero-order chi connectivity index (χ0) is 27.1. The van der Waals surface area contributed by atoms with Gasteiger partial charge in [0.15, 0.2) is 17.7 Å². The maximum absolute atomic E-state index is 10.1. The van der Waals surface area contributed by atoms with Crippen LogP contribution in [0.5, 0.6) is 5.75 Å². The Balaban J connectivity index is 1.40. The van der Waals surface area contributed by atoms with Crippen molar-refractivity contribution >= 4 is 28.6 Å². The van der Waals surface area contributed by atoms with Crippen LogP contribution in [0.25, 0.3) is 16.7 Å². The van der Waals surface area contributed by atoms with Crippen LogP contribution in [0.4, 0.5) is 17.6 Å². The second-order valence-corrected chi connectivity index (χ2v) is 10.5. The maximum Gasteiger partial charge on any atom is 0.232 e. The van der Waals surface area contributed by atoms with Crippen LogP contribution < -0.4 is 15.0 Å². The van der Waals surface area contributed by atoms with Crippen molar-refractivity contribution in [2.75, 3.05) is 37.1 Å². The van der Waals surface area contributed by atoms with Gasteiger partial charge in [-0.05, 0) is 70.1 Å². The molecule has 0 bridgehead atoms. The Hall–Kier alpha value is -3.70. The summed E-state index contributed by atoms with van der Waals surface area (Å²) in [6, 6.07) is 4.13. The van der Waals surface area contributed by atoms with Crippen LogP contribution in [0, 0.1) is 20.8 Å². The van der Waals surface area contributed by atoms with Gasteiger partial charge in [0.1, 0.15) is 17.9 Å². The number of hydrogen-bond acceptors (Lipinski definition) is 9. The van der Waals surface area contributed by atoms with Crippen molar-refractivity contribution in [1.82, 2.24) is 29.3 Å². The first-order valence-corrected chi connectivity index (χ1v) is 13.7. The van der Waals surface area contributed by atoms with Crippen LogP contribution in [-0.2, 0) is 4.74 Å². The number of aryl methyl sites for hydroxylation is 2. The van der Waals surface area contributed by atoms with Crippen molar-refractivity contribution in [3.8, 4) is 11.4 Å². The largest absolute Gasteiger partial charge is 0.496 e. The van der Waals surface area contributed by atoms with Gasteiger partial charge in [-0.15, -0.1) is 0 Å². The highest BCUT2D eigenvalue weighted by Gasteiger charge is 2.31. The van der Waals surface area contributed by atoms with Crippen LogP contribution in [0.2, 0.25) is 0 Å². The van der Waals surface area contributed by atoms with Gasteiger partial charge in [-0.3, -0.25) is 0 Å². The highest BCUT2D eigenvalue weighted by atomic mass is 16.5. The Morgan fingerprint density at radius 3 is 2.77 bits per heavy atom. The van der Waals surface area contributed by atoms with Gasteiger partial charge in [0.05, 0.1) is 42.7 Å². The Kier molecular flexibility index (Phi) is 6.86. The molecule has 2 aliphatic rings. The molecule has 2 saturated heterocycles. The normalized spacial score (nSPS) is 19.7. The lowest BCUT2D eigenvalue weighted by Gasteiger charge is -2.26. The van der Waals surface area contributed by atoms with Gasteiger partial charge >= 0.3 is 0 Å². The molecule has 0 aliphatic carbocycles. The van der Waals surface area contributed by atoms with E-state index in [1.54, 1.807) is 13.4 Å². The molecule has 2 N–H and O–H groups in total. The molecule has 0 spiro atoms. The van der Waals surface area contributed by atoms with E-state index in [2.05, 4.69) is 35.1 Å². The summed E-state index contributed by atoms with van der Waals surface area (Å²) in [6.07, 6.45) is 8.49. The number of anilines is 3. The third-order valence-corrected chi connectivity index (χ3v) is 7.94. The molecule has 3 aromatic heterocycles. The summed E-state index contributed by atoms with van der Waals surface area (Å²) < 4.78 is 15.5. The molecule has 5 heterocycles. The number of aliphatic hydroxyl groups excluding tert-OH is 1. The number of methoxy groups -OCH3 is 1. The summed E-state index contributed by atoms with van der Waals surface area (Å²) in [5.74, 6) is 2.68. The summed E-state index contributed by atoms with van der Waals surface area (Å²) >= 11 is 0. The molecule has 1 unspecified atom stereocenters. The van der Waals surface area contributed by atoms with Gasteiger partial charge in [0.25, 0.3) is 0 Å². The number of ether oxygens (including phenoxy) is 2. The SMILES string of the molecule is COc1cc(-n2cnc(Nc3nc(N4CCC[C@H]4CO)c4c(C)nn(C5CCCCO5)c4n3)c2)cc(C)c1C. The molecule has 11 heteroatoms. The molecule has 2 fully saturated rings. The second kappa shape index (κ2) is 10.5. The van der Waals surface area contributed by atoms with Gasteiger partial charge in [0, 0.05) is 19.2 Å². The lowest BCUT2D eigenvalue weighted by atomic mass is 10.1. The summed E-state index contributed by atoms with van der Waals surface area (Å²) in [7, 11) is 1.68. The molecular weight excluding hydrogens is 496 g/mol. The number of aromatic nitrogens is 6. The molecule has 1 aromatic carbocycles. The van der Waals surface area contributed by atoms with Crippen LogP contribution in [0.15, 0.2) is 24.7 Å². The smallest absolute Gasteiger partial charge is 0.232 e. The fraction of sp³-hybridized carbons (Fsp3) is 0.500. The Morgan fingerprint density at radius 2 is 2.00 bits per heavy atom. The van der Waals surface area contributed by atoms with Crippen LogP contribution in [0.1, 0.15) is 55.2 Å². The predicted octanol–water partition coefficient (Wildman–Crippen LogP) is 4.35. The molecule has 0 amide bonds. The lowest BCUT2D eigenvalue weighted by Crippen LogP contribution is -2.33. The van der Waals surface area contributed by atoms with E-state index < -0.39 is 0 Å². The van der Waals surface area contributed by atoms with E-state index in [0.29, 0.717) is 18.4 Å². The third kappa shape index (κ3) is 4.70. The van der Waals surface area contributed by atoms with Crippen molar-refractivity contribution < 1.29 is 14.6 Å². The minimum absolute atomic E-state index is 0.0172. The summed E-state index contributed by atoms with van der Waals surface area (Å²) in [4.78, 5) is 16.7. The molecule has 0 radical (unpaired) electrons. The zero-order valence-corrected chi connectivity index (χ0v) is 23.0. The molecule has 2 atom stereocenters. The number of fused-ring (bicyclic) bond motifs is 1. The van der Waals surface area contributed by atoms with Crippen molar-refractivity contribution in [2.45, 2.75) is 65.1 Å². The Labute approximate surface area is 227 Å².